The maximum absolute atomic E-state index is 13.9. The summed E-state index contributed by atoms with van der Waals surface area (Å²) in [6.45, 7) is 0. The molecule has 0 saturated heterocycles. The number of rotatable bonds is 7. The van der Waals surface area contributed by atoms with E-state index in [0.717, 1.165) is 0 Å². The van der Waals surface area contributed by atoms with E-state index in [1.807, 2.05) is 24.3 Å². The molecule has 7 rings (SSSR count). The maximum Gasteiger partial charge on any atom is 0.264 e. The largest absolute Gasteiger partial charge is 0.455 e. The number of fused-ring (bicyclic) bond motifs is 2. The molecule has 0 saturated carbocycles. The average Bonchev–Trinajstić information content (AvgIpc) is 3.69. The van der Waals surface area contributed by atoms with E-state index in [1.54, 1.807) is 48.7 Å². The third-order valence-corrected chi connectivity index (χ3v) is 9.48. The molecule has 0 spiro atoms. The van der Waals surface area contributed by atoms with E-state index in [9.17, 15) is 17.6 Å². The lowest BCUT2D eigenvalue weighted by Crippen LogP contribution is -2.27. The van der Waals surface area contributed by atoms with Gasteiger partial charge in [-0.25, -0.2) is 17.8 Å². The number of anilines is 1. The van der Waals surface area contributed by atoms with Crippen molar-refractivity contribution >= 4 is 43.8 Å². The summed E-state index contributed by atoms with van der Waals surface area (Å²) in [5, 5.41) is 3.10. The van der Waals surface area contributed by atoms with E-state index in [1.165, 1.54) is 54.8 Å². The molecule has 0 bridgehead atoms. The number of hydrogen-bond acceptors (Lipinski definition) is 7. The molecule has 0 aliphatic carbocycles. The maximum atomic E-state index is 13.9. The third kappa shape index (κ3) is 4.96. The normalized spacial score (nSPS) is 11.6. The quantitative estimate of drug-likeness (QED) is 0.196. The number of amides is 1. The van der Waals surface area contributed by atoms with Gasteiger partial charge in [0.25, 0.3) is 15.9 Å². The number of carbonyl (C=O) groups excluding carboxylic acids is 1. The van der Waals surface area contributed by atoms with Crippen molar-refractivity contribution < 1.29 is 26.4 Å². The predicted molar refractivity (Wildman–Crippen MR) is 173 cm³/mol. The van der Waals surface area contributed by atoms with Gasteiger partial charge in [-0.3, -0.25) is 9.10 Å². The number of nitrogens with zero attached hydrogens (tertiary/aromatic N) is 3. The third-order valence-electron chi connectivity index (χ3n) is 7.69. The minimum absolute atomic E-state index is 0.105. The molecule has 0 unspecified atom stereocenters. The summed E-state index contributed by atoms with van der Waals surface area (Å²) in [7, 11) is -1.05. The second-order valence-corrected chi connectivity index (χ2v) is 12.4. The first-order chi connectivity index (χ1) is 22.2. The second-order valence-electron chi connectivity index (χ2n) is 10.5. The van der Waals surface area contributed by atoms with Crippen LogP contribution in [0.2, 0.25) is 0 Å². The van der Waals surface area contributed by atoms with Crippen LogP contribution in [0.1, 0.15) is 10.4 Å². The van der Waals surface area contributed by atoms with Crippen LogP contribution in [-0.4, -0.2) is 38.4 Å². The van der Waals surface area contributed by atoms with Crippen molar-refractivity contribution in [2.24, 2.45) is 0 Å². The van der Waals surface area contributed by atoms with Gasteiger partial charge in [-0.2, -0.15) is 4.98 Å². The number of halogens is 1. The number of hydrogen-bond donors (Lipinski definition) is 1. The van der Waals surface area contributed by atoms with Gasteiger partial charge in [0.05, 0.1) is 16.1 Å². The van der Waals surface area contributed by atoms with E-state index in [2.05, 4.69) is 15.3 Å². The molecule has 0 radical (unpaired) electrons. The van der Waals surface area contributed by atoms with E-state index in [4.69, 9.17) is 8.83 Å². The summed E-state index contributed by atoms with van der Waals surface area (Å²) in [5.74, 6) is -0.293. The van der Waals surface area contributed by atoms with Crippen LogP contribution in [-0.2, 0) is 10.0 Å². The number of nitrogens with one attached hydrogen (secondary N) is 1. The summed E-state index contributed by atoms with van der Waals surface area (Å²) in [6.07, 6.45) is 1.63. The highest BCUT2D eigenvalue weighted by Gasteiger charge is 2.28. The zero-order valence-electron chi connectivity index (χ0n) is 24.6. The van der Waals surface area contributed by atoms with Crippen LogP contribution in [0.3, 0.4) is 0 Å². The summed E-state index contributed by atoms with van der Waals surface area (Å²) in [6, 6.07) is 27.9. The average molecular weight is 633 g/mol. The van der Waals surface area contributed by atoms with Crippen molar-refractivity contribution in [3.05, 3.63) is 121 Å². The lowest BCUT2D eigenvalue weighted by atomic mass is 9.97. The molecule has 0 atom stereocenters. The Labute approximate surface area is 263 Å². The first-order valence-electron chi connectivity index (χ1n) is 14.2. The number of aromatic nitrogens is 2. The van der Waals surface area contributed by atoms with Gasteiger partial charge in [-0.15, -0.1) is 0 Å². The van der Waals surface area contributed by atoms with E-state index >= 15 is 0 Å². The Balaban J connectivity index is 1.48. The molecule has 3 aromatic heterocycles. The van der Waals surface area contributed by atoms with Gasteiger partial charge in [-0.05, 0) is 72.3 Å². The van der Waals surface area contributed by atoms with Gasteiger partial charge < -0.3 is 14.2 Å². The molecule has 228 valence electrons. The van der Waals surface area contributed by atoms with Crippen molar-refractivity contribution in [1.29, 1.82) is 0 Å². The molecule has 0 fully saturated rings. The Hall–Kier alpha value is -5.81. The highest BCUT2D eigenvalue weighted by Crippen LogP contribution is 2.42. The van der Waals surface area contributed by atoms with Gasteiger partial charge >= 0.3 is 0 Å². The highest BCUT2D eigenvalue weighted by molar-refractivity contribution is 7.92. The Kier molecular flexibility index (Phi) is 7.09. The van der Waals surface area contributed by atoms with Crippen LogP contribution in [0.25, 0.3) is 56.1 Å². The zero-order valence-corrected chi connectivity index (χ0v) is 25.4. The number of sulfonamides is 1. The van der Waals surface area contributed by atoms with Crippen molar-refractivity contribution in [2.75, 3.05) is 18.4 Å². The smallest absolute Gasteiger partial charge is 0.264 e. The van der Waals surface area contributed by atoms with Crippen molar-refractivity contribution in [3.8, 4) is 33.9 Å². The van der Waals surface area contributed by atoms with Crippen LogP contribution < -0.4 is 9.62 Å². The van der Waals surface area contributed by atoms with Crippen molar-refractivity contribution in [1.82, 2.24) is 15.3 Å². The number of carbonyl (C=O) groups is 1. The molecule has 9 nitrogen and oxygen atoms in total. The van der Waals surface area contributed by atoms with Gasteiger partial charge in [-0.1, -0.05) is 30.3 Å². The van der Waals surface area contributed by atoms with Gasteiger partial charge in [0.2, 0.25) is 5.89 Å². The summed E-state index contributed by atoms with van der Waals surface area (Å²) in [4.78, 5) is 22.2. The zero-order chi connectivity index (χ0) is 32.0. The fourth-order valence-corrected chi connectivity index (χ4v) is 6.60. The van der Waals surface area contributed by atoms with Crippen LogP contribution >= 0.6 is 0 Å². The van der Waals surface area contributed by atoms with Gasteiger partial charge in [0, 0.05) is 48.4 Å². The number of furan rings is 1. The summed E-state index contributed by atoms with van der Waals surface area (Å²) < 4.78 is 54.9. The number of benzene rings is 4. The monoisotopic (exact) mass is 632 g/mol. The first-order valence-corrected chi connectivity index (χ1v) is 15.6. The molecule has 1 amide bonds. The SMILES string of the molecule is CNC(=O)c1c(-c2ccc(F)cc2)oc2cc(N(C)S(=O)(=O)c3ccccc3)c(-c3cccc(-c4nc5ncccc5o4)c3)cc12. The Morgan fingerprint density at radius 2 is 1.59 bits per heavy atom. The minimum atomic E-state index is -4.02. The molecule has 7 aromatic rings. The molecular formula is C35H25FN4O5S. The summed E-state index contributed by atoms with van der Waals surface area (Å²) >= 11 is 0. The van der Waals surface area contributed by atoms with Crippen LogP contribution in [0.5, 0.6) is 0 Å². The molecular weight excluding hydrogens is 607 g/mol. The lowest BCUT2D eigenvalue weighted by Gasteiger charge is -2.23. The fourth-order valence-electron chi connectivity index (χ4n) is 5.37. The molecule has 4 aromatic carbocycles. The molecule has 0 aliphatic rings. The van der Waals surface area contributed by atoms with Gasteiger partial charge in [0.1, 0.15) is 17.2 Å². The molecule has 11 heteroatoms. The van der Waals surface area contributed by atoms with E-state index in [-0.39, 0.29) is 21.8 Å². The van der Waals surface area contributed by atoms with Crippen LogP contribution in [0.15, 0.2) is 123 Å². The highest BCUT2D eigenvalue weighted by atomic mass is 32.2. The standard InChI is InChI=1S/C35H25FN4O5S/c1-37-34(41)31-27-19-26(22-8-6-9-23(18-22)35-39-33-29(45-35)12-7-17-38-33)28(40(2)46(42,43)25-10-4-3-5-11-25)20-30(27)44-32(31)21-13-15-24(36)16-14-21/h3-20H,1-2H3,(H,37,41). The number of oxazole rings is 1. The first kappa shape index (κ1) is 28.9. The Morgan fingerprint density at radius 1 is 0.826 bits per heavy atom. The van der Waals surface area contributed by atoms with Crippen molar-refractivity contribution in [2.45, 2.75) is 4.90 Å². The number of pyridine rings is 1. The molecule has 0 aliphatic heterocycles. The fraction of sp³-hybridized carbons (Fsp3) is 0.0571. The molecule has 3 heterocycles. The van der Waals surface area contributed by atoms with Crippen LogP contribution in [0.4, 0.5) is 10.1 Å². The Morgan fingerprint density at radius 3 is 2.33 bits per heavy atom. The Bertz CT molecular complexity index is 2340. The van der Waals surface area contributed by atoms with Crippen molar-refractivity contribution in [3.63, 3.8) is 0 Å². The summed E-state index contributed by atoms with van der Waals surface area (Å²) in [5.41, 5.74) is 4.04. The van der Waals surface area contributed by atoms with Gasteiger partial charge in [0.15, 0.2) is 11.2 Å². The van der Waals surface area contributed by atoms with Crippen LogP contribution in [0, 0.1) is 5.82 Å². The van der Waals surface area contributed by atoms with E-state index in [0.29, 0.717) is 50.4 Å². The molecule has 46 heavy (non-hydrogen) atoms. The topological polar surface area (TPSA) is 119 Å². The second kappa shape index (κ2) is 11.3. The minimum Gasteiger partial charge on any atom is -0.455 e. The predicted octanol–water partition coefficient (Wildman–Crippen LogP) is 7.29. The van der Waals surface area contributed by atoms with E-state index < -0.39 is 21.7 Å². The lowest BCUT2D eigenvalue weighted by molar-refractivity contribution is 0.0964. The molecule has 1 N–H and O–H groups in total.